The summed E-state index contributed by atoms with van der Waals surface area (Å²) in [6.07, 6.45) is 8.34. The summed E-state index contributed by atoms with van der Waals surface area (Å²) in [4.78, 5) is 34.2. The number of nitrogens with zero attached hydrogens (tertiary/aromatic N) is 4. The van der Waals surface area contributed by atoms with E-state index in [1.54, 1.807) is 34.7 Å². The minimum Gasteiger partial charge on any atom is -0.341 e. The number of hydrogen-bond acceptors (Lipinski definition) is 6. The van der Waals surface area contributed by atoms with Crippen LogP contribution in [0, 0.1) is 23.6 Å². The van der Waals surface area contributed by atoms with Gasteiger partial charge < -0.3 is 10.2 Å². The third kappa shape index (κ3) is 5.21. The molecule has 210 valence electrons. The fourth-order valence-corrected chi connectivity index (χ4v) is 6.41. The number of benzene rings is 2. The number of carbonyl (C=O) groups excluding carboxylic acids is 2. The van der Waals surface area contributed by atoms with Crippen LogP contribution in [0.3, 0.4) is 0 Å². The summed E-state index contributed by atoms with van der Waals surface area (Å²) >= 11 is 1.30. The molecule has 2 fully saturated rings. The first kappa shape index (κ1) is 27.1. The zero-order valence-electron chi connectivity index (χ0n) is 22.2. The molecule has 2 saturated heterocycles. The highest BCUT2D eigenvalue weighted by Crippen LogP contribution is 2.38. The number of terminal acetylenes is 1. The molecule has 0 spiro atoms. The maximum Gasteiger partial charge on any atom is 0.244 e. The van der Waals surface area contributed by atoms with Crippen molar-refractivity contribution in [3.63, 3.8) is 0 Å². The minimum absolute atomic E-state index is 0.0989. The molecule has 2 aliphatic heterocycles. The largest absolute Gasteiger partial charge is 0.341 e. The number of fused-ring (bicyclic) bond motifs is 1. The Hall–Kier alpha value is -4.14. The van der Waals surface area contributed by atoms with Crippen molar-refractivity contribution in [1.29, 1.82) is 0 Å². The van der Waals surface area contributed by atoms with Crippen LogP contribution in [0.4, 0.5) is 14.5 Å². The van der Waals surface area contributed by atoms with Crippen molar-refractivity contribution < 1.29 is 18.4 Å². The van der Waals surface area contributed by atoms with Gasteiger partial charge in [0.05, 0.1) is 17.8 Å². The molecule has 1 unspecified atom stereocenters. The van der Waals surface area contributed by atoms with Crippen molar-refractivity contribution in [2.45, 2.75) is 24.9 Å². The van der Waals surface area contributed by atoms with E-state index >= 15 is 4.39 Å². The van der Waals surface area contributed by atoms with E-state index in [-0.39, 0.29) is 43.6 Å². The number of amides is 2. The Balaban J connectivity index is 1.09. The second-order valence-corrected chi connectivity index (χ2v) is 11.6. The van der Waals surface area contributed by atoms with E-state index in [0.717, 1.165) is 16.5 Å². The van der Waals surface area contributed by atoms with Crippen molar-refractivity contribution in [1.82, 2.24) is 25.0 Å². The van der Waals surface area contributed by atoms with Crippen LogP contribution in [0.5, 0.6) is 0 Å². The summed E-state index contributed by atoms with van der Waals surface area (Å²) in [5.41, 5.74) is 0.128. The molecule has 11 heteroatoms. The number of aromatic amines is 1. The van der Waals surface area contributed by atoms with Crippen LogP contribution >= 0.6 is 11.3 Å². The third-order valence-electron chi connectivity index (χ3n) is 8.08. The molecule has 4 aromatic rings. The van der Waals surface area contributed by atoms with Gasteiger partial charge >= 0.3 is 0 Å². The van der Waals surface area contributed by atoms with Crippen molar-refractivity contribution in [3.8, 4) is 23.6 Å². The lowest BCUT2D eigenvalue weighted by molar-refractivity contribution is -0.135. The van der Waals surface area contributed by atoms with Gasteiger partial charge in [-0.1, -0.05) is 5.92 Å². The maximum atomic E-state index is 15.3. The highest BCUT2D eigenvalue weighted by molar-refractivity contribution is 7.09. The molecule has 6 rings (SSSR count). The zero-order chi connectivity index (χ0) is 28.6. The third-order valence-corrected chi connectivity index (χ3v) is 9.03. The van der Waals surface area contributed by atoms with Gasteiger partial charge in [-0.2, -0.15) is 5.10 Å². The van der Waals surface area contributed by atoms with Crippen LogP contribution in [0.15, 0.2) is 54.0 Å². The highest BCUT2D eigenvalue weighted by atomic mass is 32.1. The smallest absolute Gasteiger partial charge is 0.244 e. The molecule has 8 nitrogen and oxygen atoms in total. The van der Waals surface area contributed by atoms with E-state index in [4.69, 9.17) is 6.42 Å². The Bertz CT molecular complexity index is 1620. The van der Waals surface area contributed by atoms with E-state index in [1.165, 1.54) is 23.5 Å². The number of halogens is 2. The number of nitrogens with one attached hydrogen (secondary N) is 2. The number of carbonyl (C=O) groups is 2. The predicted molar refractivity (Wildman–Crippen MR) is 153 cm³/mol. The van der Waals surface area contributed by atoms with Gasteiger partial charge in [-0.3, -0.25) is 19.6 Å². The van der Waals surface area contributed by atoms with Gasteiger partial charge in [0.1, 0.15) is 16.2 Å². The van der Waals surface area contributed by atoms with Crippen LogP contribution in [0.1, 0.15) is 24.3 Å². The molecule has 2 N–H and O–H groups in total. The molecule has 1 atom stereocenters. The number of H-pyrrole nitrogens is 1. The number of alkyl halides is 1. The number of anilines is 1. The first-order chi connectivity index (χ1) is 19.8. The number of aromatic nitrogens is 3. The molecular formula is C30H28F2N6O2S. The highest BCUT2D eigenvalue weighted by Gasteiger charge is 2.45. The van der Waals surface area contributed by atoms with Crippen molar-refractivity contribution in [3.05, 3.63) is 64.9 Å². The van der Waals surface area contributed by atoms with Gasteiger partial charge in [0.25, 0.3) is 0 Å². The summed E-state index contributed by atoms with van der Waals surface area (Å²) in [5.74, 6) is 1.94. The number of hydrogen-bond donors (Lipinski definition) is 2. The quantitative estimate of drug-likeness (QED) is 0.329. The number of piperidine rings is 1. The van der Waals surface area contributed by atoms with Gasteiger partial charge in [-0.25, -0.2) is 13.8 Å². The molecule has 41 heavy (non-hydrogen) atoms. The first-order valence-corrected chi connectivity index (χ1v) is 14.3. The van der Waals surface area contributed by atoms with Crippen LogP contribution in [-0.4, -0.2) is 69.5 Å². The molecule has 0 aliphatic carbocycles. The summed E-state index contributed by atoms with van der Waals surface area (Å²) in [6, 6.07) is 11.4. The molecule has 2 aromatic carbocycles. The molecule has 0 radical (unpaired) electrons. The maximum absolute atomic E-state index is 15.3. The Morgan fingerprint density at radius 3 is 2.61 bits per heavy atom. The molecule has 0 bridgehead atoms. The van der Waals surface area contributed by atoms with Gasteiger partial charge in [0.15, 0.2) is 5.67 Å². The Labute approximate surface area is 239 Å². The van der Waals surface area contributed by atoms with E-state index < -0.39 is 11.1 Å². The van der Waals surface area contributed by atoms with Crippen molar-refractivity contribution in [2.75, 3.05) is 38.0 Å². The second kappa shape index (κ2) is 10.7. The van der Waals surface area contributed by atoms with Gasteiger partial charge in [-0.05, 0) is 48.9 Å². The predicted octanol–water partition coefficient (Wildman–Crippen LogP) is 4.58. The van der Waals surface area contributed by atoms with Gasteiger partial charge in [0.2, 0.25) is 11.8 Å². The van der Waals surface area contributed by atoms with Crippen molar-refractivity contribution in [2.24, 2.45) is 5.41 Å². The summed E-state index contributed by atoms with van der Waals surface area (Å²) in [7, 11) is 0. The second-order valence-electron chi connectivity index (χ2n) is 10.7. The molecule has 0 saturated carbocycles. The Kier molecular flexibility index (Phi) is 7.05. The SMILES string of the molecule is C#CC1(C(=O)Nc2ccc3[nH]nc(-c4ccc(F)cc4)c3c2)CCN(CC(=O)N2CCC(F)(c3nccs3)CC2)C1. The zero-order valence-corrected chi connectivity index (χ0v) is 23.0. The summed E-state index contributed by atoms with van der Waals surface area (Å²) < 4.78 is 28.7. The van der Waals surface area contributed by atoms with Gasteiger partial charge in [-0.15, -0.1) is 17.8 Å². The normalized spacial score (nSPS) is 20.7. The number of likely N-dealkylation sites (tertiary alicyclic amines) is 2. The first-order valence-electron chi connectivity index (χ1n) is 13.4. The van der Waals surface area contributed by atoms with E-state index in [2.05, 4.69) is 26.4 Å². The molecule has 2 aromatic heterocycles. The topological polar surface area (TPSA) is 94.2 Å². The summed E-state index contributed by atoms with van der Waals surface area (Å²) in [6.45, 7) is 1.50. The fourth-order valence-electron chi connectivity index (χ4n) is 5.62. The summed E-state index contributed by atoms with van der Waals surface area (Å²) in [5, 5.41) is 13.3. The molecule has 2 amide bonds. The van der Waals surface area contributed by atoms with Gasteiger partial charge in [0, 0.05) is 67.2 Å². The number of thiazole rings is 1. The molecule has 2 aliphatic rings. The Morgan fingerprint density at radius 1 is 1.12 bits per heavy atom. The molecular weight excluding hydrogens is 546 g/mol. The van der Waals surface area contributed by atoms with Crippen LogP contribution < -0.4 is 5.32 Å². The average Bonchev–Trinajstić information content (AvgIpc) is 3.75. The van der Waals surface area contributed by atoms with E-state index in [0.29, 0.717) is 42.4 Å². The van der Waals surface area contributed by atoms with Crippen molar-refractivity contribution >= 4 is 39.7 Å². The van der Waals surface area contributed by atoms with Crippen LogP contribution in [-0.2, 0) is 15.3 Å². The van der Waals surface area contributed by atoms with E-state index in [1.807, 2.05) is 17.0 Å². The van der Waals surface area contributed by atoms with Crippen LogP contribution in [0.25, 0.3) is 22.2 Å². The Morgan fingerprint density at radius 2 is 1.90 bits per heavy atom. The number of rotatable bonds is 6. The lowest BCUT2D eigenvalue weighted by Crippen LogP contribution is -2.47. The monoisotopic (exact) mass is 574 g/mol. The molecule has 4 heterocycles. The lowest BCUT2D eigenvalue weighted by Gasteiger charge is -2.36. The average molecular weight is 575 g/mol. The minimum atomic E-state index is -1.49. The lowest BCUT2D eigenvalue weighted by atomic mass is 9.87. The standard InChI is InChI=1S/C30H28F2N6O2S/c1-2-29(9-13-37(19-29)18-25(39)38-14-10-30(32,11-15-38)28-33-12-16-41-28)27(40)34-22-7-8-24-23(17-22)26(36-35-24)20-3-5-21(31)6-4-20/h1,3-8,12,16-17H,9-11,13-15,18-19H2,(H,34,40)(H,35,36). The fraction of sp³-hybridized carbons (Fsp3) is 0.333. The van der Waals surface area contributed by atoms with E-state index in [9.17, 15) is 14.0 Å². The van der Waals surface area contributed by atoms with Crippen LogP contribution in [0.2, 0.25) is 0 Å².